The number of amides is 2. The lowest BCUT2D eigenvalue weighted by Gasteiger charge is -2.32. The van der Waals surface area contributed by atoms with E-state index in [0.717, 1.165) is 87.6 Å². The Balaban J connectivity index is 1.11. The van der Waals surface area contributed by atoms with E-state index in [1.54, 1.807) is 6.20 Å². The molecule has 2 amide bonds. The Labute approximate surface area is 273 Å². The molecule has 0 unspecified atom stereocenters. The lowest BCUT2D eigenvalue weighted by molar-refractivity contribution is -0.132. The fourth-order valence-electron chi connectivity index (χ4n) is 5.52. The third-order valence-electron chi connectivity index (χ3n) is 7.90. The molecular weight excluding hydrogens is 586 g/mol. The maximum atomic E-state index is 12.8. The summed E-state index contributed by atoms with van der Waals surface area (Å²) in [6.07, 6.45) is 11.1. The molecule has 0 atom stereocenters. The van der Waals surface area contributed by atoms with Crippen LogP contribution in [-0.2, 0) is 9.53 Å². The van der Waals surface area contributed by atoms with Gasteiger partial charge in [0.1, 0.15) is 5.60 Å². The number of hydrogen-bond donors (Lipinski definition) is 2. The normalized spacial score (nSPS) is 13.8. The van der Waals surface area contributed by atoms with Gasteiger partial charge in [0.25, 0.3) is 0 Å². The summed E-state index contributed by atoms with van der Waals surface area (Å²) >= 11 is 6.53. The van der Waals surface area contributed by atoms with Crippen LogP contribution in [0.2, 0.25) is 5.02 Å². The van der Waals surface area contributed by atoms with E-state index in [1.165, 1.54) is 0 Å². The minimum atomic E-state index is -0.463. The molecule has 2 N–H and O–H groups in total. The number of rotatable bonds is 14. The number of ether oxygens (including phenoxy) is 1. The summed E-state index contributed by atoms with van der Waals surface area (Å²) in [5.74, 6) is 0.814. The van der Waals surface area contributed by atoms with E-state index in [4.69, 9.17) is 21.3 Å². The first kappa shape index (κ1) is 34.2. The second-order valence-electron chi connectivity index (χ2n) is 12.8. The van der Waals surface area contributed by atoms with Crippen LogP contribution in [0.25, 0.3) is 22.4 Å². The van der Waals surface area contributed by atoms with Crippen LogP contribution in [0, 0.1) is 0 Å². The molecule has 8 nitrogen and oxygen atoms in total. The first-order valence-corrected chi connectivity index (χ1v) is 16.8. The average Bonchev–Trinajstić information content (AvgIpc) is 3.03. The van der Waals surface area contributed by atoms with E-state index in [2.05, 4.69) is 39.9 Å². The van der Waals surface area contributed by atoms with E-state index in [-0.39, 0.29) is 18.0 Å². The summed E-state index contributed by atoms with van der Waals surface area (Å²) in [7, 11) is 0. The largest absolute Gasteiger partial charge is 0.444 e. The number of carbonyl (C=O) groups excluding carboxylic acids is 2. The van der Waals surface area contributed by atoms with Crippen molar-refractivity contribution >= 4 is 29.5 Å². The third kappa shape index (κ3) is 11.7. The highest BCUT2D eigenvalue weighted by molar-refractivity contribution is 6.32. The molecule has 242 valence electrons. The maximum absolute atomic E-state index is 12.8. The molecule has 9 heteroatoms. The Morgan fingerprint density at radius 1 is 0.889 bits per heavy atom. The van der Waals surface area contributed by atoms with E-state index in [9.17, 15) is 9.59 Å². The predicted octanol–water partition coefficient (Wildman–Crippen LogP) is 8.51. The molecule has 2 heterocycles. The number of halogens is 1. The summed E-state index contributed by atoms with van der Waals surface area (Å²) in [4.78, 5) is 35.7. The minimum Gasteiger partial charge on any atom is -0.444 e. The van der Waals surface area contributed by atoms with Gasteiger partial charge in [-0.2, -0.15) is 0 Å². The predicted molar refractivity (Wildman–Crippen MR) is 182 cm³/mol. The van der Waals surface area contributed by atoms with Crippen LogP contribution in [0.1, 0.15) is 85.0 Å². The van der Waals surface area contributed by atoms with E-state index in [0.29, 0.717) is 29.6 Å². The lowest BCUT2D eigenvalue weighted by Crippen LogP contribution is -2.42. The van der Waals surface area contributed by atoms with Crippen molar-refractivity contribution in [1.29, 1.82) is 0 Å². The van der Waals surface area contributed by atoms with Crippen molar-refractivity contribution in [1.82, 2.24) is 20.2 Å². The quantitative estimate of drug-likeness (QED) is 0.173. The number of alkyl carbamates (subject to hydrolysis) is 1. The fraction of sp³-hybridized carbons (Fsp3) is 0.500. The monoisotopic (exact) mass is 633 g/mol. The van der Waals surface area contributed by atoms with Gasteiger partial charge in [-0.3, -0.25) is 4.79 Å². The topological polar surface area (TPSA) is 96.5 Å². The molecule has 0 bridgehead atoms. The summed E-state index contributed by atoms with van der Waals surface area (Å²) in [6, 6.07) is 18.7. The van der Waals surface area contributed by atoms with Crippen LogP contribution in [0.15, 0.2) is 60.8 Å². The lowest BCUT2D eigenvalue weighted by atomic mass is 10.0. The molecule has 2 aromatic carbocycles. The molecule has 1 aliphatic heterocycles. The third-order valence-corrected chi connectivity index (χ3v) is 8.18. The van der Waals surface area contributed by atoms with Gasteiger partial charge in [-0.25, -0.2) is 14.8 Å². The minimum absolute atomic E-state index is 0.207. The molecule has 4 rings (SSSR count). The molecule has 0 spiro atoms. The van der Waals surface area contributed by atoms with Gasteiger partial charge in [-0.1, -0.05) is 92.2 Å². The van der Waals surface area contributed by atoms with Crippen molar-refractivity contribution in [3.05, 3.63) is 65.8 Å². The SMILES string of the molecule is CC(C)(C)OC(=O)NCCCCCCCCCC(=O)N1CCC(Nc2ncc(Cl)c(-c3cccc(-c4ccccc4)c3)n2)CC1. The Morgan fingerprint density at radius 2 is 1.53 bits per heavy atom. The molecule has 1 saturated heterocycles. The zero-order valence-electron chi connectivity index (χ0n) is 27.0. The van der Waals surface area contributed by atoms with Gasteiger partial charge in [0.2, 0.25) is 11.9 Å². The number of carbonyl (C=O) groups is 2. The van der Waals surface area contributed by atoms with Gasteiger partial charge in [0.15, 0.2) is 0 Å². The van der Waals surface area contributed by atoms with Crippen LogP contribution in [-0.4, -0.2) is 58.1 Å². The molecule has 0 saturated carbocycles. The summed E-state index contributed by atoms with van der Waals surface area (Å²) in [6.45, 7) is 7.72. The zero-order chi connectivity index (χ0) is 32.1. The van der Waals surface area contributed by atoms with E-state index < -0.39 is 5.60 Å². The average molecular weight is 634 g/mol. The molecule has 1 aliphatic rings. The highest BCUT2D eigenvalue weighted by Gasteiger charge is 2.23. The first-order chi connectivity index (χ1) is 21.7. The number of likely N-dealkylation sites (tertiary alicyclic amines) is 1. The van der Waals surface area contributed by atoms with Crippen molar-refractivity contribution in [2.45, 2.75) is 96.6 Å². The molecule has 0 radical (unpaired) electrons. The van der Waals surface area contributed by atoms with Gasteiger partial charge < -0.3 is 20.3 Å². The Bertz CT molecular complexity index is 1370. The van der Waals surface area contributed by atoms with Gasteiger partial charge in [0.05, 0.1) is 16.9 Å². The van der Waals surface area contributed by atoms with Crippen molar-refractivity contribution in [3.8, 4) is 22.4 Å². The number of aromatic nitrogens is 2. The Morgan fingerprint density at radius 3 is 2.24 bits per heavy atom. The second-order valence-corrected chi connectivity index (χ2v) is 13.2. The standard InChI is InChI=1S/C36H48ClN5O3/c1-36(2,3)45-35(44)38-22-13-8-6-4-5-7-12-19-32(43)42-23-20-30(21-24-42)40-34-39-26-31(37)33(41-34)29-18-14-17-28(25-29)27-15-10-9-11-16-27/h9-11,14-18,25-26,30H,4-8,12-13,19-24H2,1-3H3,(H,38,44)(H,39,40,41). The first-order valence-electron chi connectivity index (χ1n) is 16.4. The number of piperidine rings is 1. The number of unbranched alkanes of at least 4 members (excludes halogenated alkanes) is 6. The van der Waals surface area contributed by atoms with Gasteiger partial charge in [-0.05, 0) is 63.6 Å². The van der Waals surface area contributed by atoms with Crippen molar-refractivity contribution in [2.75, 3.05) is 25.0 Å². The smallest absolute Gasteiger partial charge is 0.407 e. The Hall–Kier alpha value is -3.65. The molecular formula is C36H48ClN5O3. The summed E-state index contributed by atoms with van der Waals surface area (Å²) < 4.78 is 5.24. The van der Waals surface area contributed by atoms with Crippen LogP contribution >= 0.6 is 11.6 Å². The van der Waals surface area contributed by atoms with Gasteiger partial charge in [-0.15, -0.1) is 0 Å². The molecule has 1 fully saturated rings. The van der Waals surface area contributed by atoms with Crippen LogP contribution in [0.5, 0.6) is 0 Å². The maximum Gasteiger partial charge on any atom is 0.407 e. The molecule has 1 aromatic heterocycles. The van der Waals surface area contributed by atoms with E-state index >= 15 is 0 Å². The molecule has 3 aromatic rings. The molecule has 45 heavy (non-hydrogen) atoms. The highest BCUT2D eigenvalue weighted by Crippen LogP contribution is 2.30. The van der Waals surface area contributed by atoms with Crippen LogP contribution in [0.3, 0.4) is 0 Å². The number of nitrogens with one attached hydrogen (secondary N) is 2. The Kier molecular flexibility index (Phi) is 13.0. The van der Waals surface area contributed by atoms with E-state index in [1.807, 2.05) is 56.0 Å². The summed E-state index contributed by atoms with van der Waals surface area (Å²) in [5.41, 5.74) is 3.43. The van der Waals surface area contributed by atoms with Crippen LogP contribution in [0.4, 0.5) is 10.7 Å². The fourth-order valence-corrected chi connectivity index (χ4v) is 5.72. The van der Waals surface area contributed by atoms with Crippen LogP contribution < -0.4 is 10.6 Å². The van der Waals surface area contributed by atoms with Crippen molar-refractivity contribution in [3.63, 3.8) is 0 Å². The summed E-state index contributed by atoms with van der Waals surface area (Å²) in [5, 5.41) is 6.80. The highest BCUT2D eigenvalue weighted by atomic mass is 35.5. The second kappa shape index (κ2) is 17.2. The number of benzene rings is 2. The molecule has 0 aliphatic carbocycles. The van der Waals surface area contributed by atoms with Crippen molar-refractivity contribution in [2.24, 2.45) is 0 Å². The number of anilines is 1. The van der Waals surface area contributed by atoms with Gasteiger partial charge >= 0.3 is 6.09 Å². The van der Waals surface area contributed by atoms with Gasteiger partial charge in [0, 0.05) is 37.7 Å². The number of hydrogen-bond acceptors (Lipinski definition) is 6. The number of nitrogens with zero attached hydrogens (tertiary/aromatic N) is 3. The van der Waals surface area contributed by atoms with Crippen molar-refractivity contribution < 1.29 is 14.3 Å². The zero-order valence-corrected chi connectivity index (χ0v) is 27.7.